The average molecular weight is 463 g/mol. The molecule has 2 aromatic carbocycles. The number of carbonyl (C=O) groups is 1. The minimum absolute atomic E-state index is 0.0492. The van der Waals surface area contributed by atoms with Crippen LogP contribution in [0.5, 0.6) is 0 Å². The zero-order valence-electron chi connectivity index (χ0n) is 22.4. The maximum atomic E-state index is 13.5. The van der Waals surface area contributed by atoms with Crippen LogP contribution in [0.1, 0.15) is 93.2 Å². The molecular formula is C31H46N2O. The molecule has 1 N–H and O–H groups in total. The van der Waals surface area contributed by atoms with Crippen molar-refractivity contribution >= 4 is 5.91 Å². The average Bonchev–Trinajstić information content (AvgIpc) is 3.04. The number of nitrogens with one attached hydrogen (secondary N) is 1. The second kappa shape index (κ2) is 12.5. The molecule has 0 heterocycles. The zero-order chi connectivity index (χ0) is 24.7. The van der Waals surface area contributed by atoms with Gasteiger partial charge in [0.1, 0.15) is 0 Å². The van der Waals surface area contributed by atoms with Gasteiger partial charge < -0.3 is 10.2 Å². The van der Waals surface area contributed by atoms with Crippen LogP contribution in [0.25, 0.3) is 0 Å². The molecule has 0 aromatic heterocycles. The number of benzene rings is 2. The number of rotatable bonds is 10. The van der Waals surface area contributed by atoms with Crippen molar-refractivity contribution < 1.29 is 4.79 Å². The fraction of sp³-hybridized carbons (Fsp3) is 0.581. The van der Waals surface area contributed by atoms with Crippen LogP contribution in [0, 0.1) is 18.8 Å². The highest BCUT2D eigenvalue weighted by Crippen LogP contribution is 2.26. The van der Waals surface area contributed by atoms with E-state index in [-0.39, 0.29) is 11.8 Å². The van der Waals surface area contributed by atoms with Crippen LogP contribution in [0.2, 0.25) is 0 Å². The van der Waals surface area contributed by atoms with E-state index < -0.39 is 0 Å². The maximum Gasteiger partial charge on any atom is 0.226 e. The van der Waals surface area contributed by atoms with Gasteiger partial charge in [0, 0.05) is 32.1 Å². The van der Waals surface area contributed by atoms with Crippen molar-refractivity contribution in [3.05, 3.63) is 69.8 Å². The molecule has 0 radical (unpaired) electrons. The van der Waals surface area contributed by atoms with Crippen molar-refractivity contribution in [3.8, 4) is 0 Å². The van der Waals surface area contributed by atoms with Gasteiger partial charge in [0.25, 0.3) is 0 Å². The van der Waals surface area contributed by atoms with Crippen LogP contribution >= 0.6 is 0 Å². The summed E-state index contributed by atoms with van der Waals surface area (Å²) >= 11 is 0. The smallest absolute Gasteiger partial charge is 0.226 e. The molecule has 3 nitrogen and oxygen atoms in total. The van der Waals surface area contributed by atoms with Gasteiger partial charge in [-0.25, -0.2) is 0 Å². The molecule has 0 bridgehead atoms. The Morgan fingerprint density at radius 1 is 1.00 bits per heavy atom. The highest BCUT2D eigenvalue weighted by Gasteiger charge is 2.22. The SMILES string of the molecule is Cc1cc(CN(CC(C)C)C(=O)C(C)CNCc2ccccc2C(C)C)cc2c1CCCCC2. The fourth-order valence-corrected chi connectivity index (χ4v) is 5.41. The number of nitrogens with zero attached hydrogens (tertiary/aromatic N) is 1. The standard InChI is InChI=1S/C31H46N2O/c1-22(2)20-33(21-26-16-24(5)30-15-9-7-8-12-27(30)17-26)31(34)25(6)18-32-19-28-13-10-11-14-29(28)23(3)4/h10-11,13-14,16-17,22-23,25,32H,7-9,12,15,18-21H2,1-6H3. The lowest BCUT2D eigenvalue weighted by molar-refractivity contribution is -0.136. The van der Waals surface area contributed by atoms with Gasteiger partial charge in [-0.15, -0.1) is 0 Å². The van der Waals surface area contributed by atoms with Gasteiger partial charge in [0.15, 0.2) is 0 Å². The Hall–Kier alpha value is -2.13. The van der Waals surface area contributed by atoms with E-state index in [4.69, 9.17) is 0 Å². The summed E-state index contributed by atoms with van der Waals surface area (Å²) in [4.78, 5) is 15.6. The minimum atomic E-state index is -0.0492. The van der Waals surface area contributed by atoms with Crippen molar-refractivity contribution in [2.45, 2.75) is 92.7 Å². The summed E-state index contributed by atoms with van der Waals surface area (Å²) in [7, 11) is 0. The first kappa shape index (κ1) is 26.5. The van der Waals surface area contributed by atoms with Crippen LogP contribution in [0.15, 0.2) is 36.4 Å². The summed E-state index contributed by atoms with van der Waals surface area (Å²) in [5.41, 5.74) is 8.49. The number of fused-ring (bicyclic) bond motifs is 1. The third-order valence-electron chi connectivity index (χ3n) is 7.13. The monoisotopic (exact) mass is 462 g/mol. The maximum absolute atomic E-state index is 13.5. The molecule has 0 aliphatic heterocycles. The van der Waals surface area contributed by atoms with Crippen molar-refractivity contribution in [1.82, 2.24) is 10.2 Å². The summed E-state index contributed by atoms with van der Waals surface area (Å²) in [6.45, 7) is 16.2. The second-order valence-electron chi connectivity index (χ2n) is 11.1. The minimum Gasteiger partial charge on any atom is -0.338 e. The molecule has 1 aliphatic carbocycles. The Labute approximate surface area is 208 Å². The lowest BCUT2D eigenvalue weighted by atomic mass is 9.94. The Morgan fingerprint density at radius 3 is 2.47 bits per heavy atom. The van der Waals surface area contributed by atoms with Gasteiger partial charge >= 0.3 is 0 Å². The van der Waals surface area contributed by atoms with Crippen LogP contribution in [-0.2, 0) is 30.7 Å². The molecule has 0 spiro atoms. The molecule has 1 unspecified atom stereocenters. The van der Waals surface area contributed by atoms with E-state index in [0.717, 1.165) is 13.1 Å². The van der Waals surface area contributed by atoms with Crippen molar-refractivity contribution in [3.63, 3.8) is 0 Å². The molecular weight excluding hydrogens is 416 g/mol. The van der Waals surface area contributed by atoms with Crippen LogP contribution in [0.4, 0.5) is 0 Å². The van der Waals surface area contributed by atoms with Crippen LogP contribution in [0.3, 0.4) is 0 Å². The largest absolute Gasteiger partial charge is 0.338 e. The lowest BCUT2D eigenvalue weighted by Crippen LogP contribution is -2.40. The summed E-state index contributed by atoms with van der Waals surface area (Å²) in [6, 6.07) is 13.3. The predicted octanol–water partition coefficient (Wildman–Crippen LogP) is 6.80. The number of aryl methyl sites for hydroxylation is 2. The van der Waals surface area contributed by atoms with Gasteiger partial charge in [0.2, 0.25) is 5.91 Å². The topological polar surface area (TPSA) is 32.3 Å². The van der Waals surface area contributed by atoms with Crippen molar-refractivity contribution in [2.24, 2.45) is 11.8 Å². The number of hydrogen-bond acceptors (Lipinski definition) is 2. The molecule has 1 atom stereocenters. The summed E-state index contributed by atoms with van der Waals surface area (Å²) in [5, 5.41) is 3.56. The summed E-state index contributed by atoms with van der Waals surface area (Å²) in [6.07, 6.45) is 6.30. The van der Waals surface area contributed by atoms with E-state index in [1.807, 2.05) is 0 Å². The fourth-order valence-electron chi connectivity index (χ4n) is 5.41. The third kappa shape index (κ3) is 7.18. The van der Waals surface area contributed by atoms with Crippen LogP contribution in [-0.4, -0.2) is 23.9 Å². The molecule has 0 saturated heterocycles. The van der Waals surface area contributed by atoms with Crippen LogP contribution < -0.4 is 5.32 Å². The molecule has 1 aliphatic rings. The zero-order valence-corrected chi connectivity index (χ0v) is 22.4. The van der Waals surface area contributed by atoms with E-state index in [9.17, 15) is 4.79 Å². The number of carbonyl (C=O) groups excluding carboxylic acids is 1. The molecule has 34 heavy (non-hydrogen) atoms. The van der Waals surface area contributed by atoms with Gasteiger partial charge in [0.05, 0.1) is 0 Å². The van der Waals surface area contributed by atoms with Crippen molar-refractivity contribution in [2.75, 3.05) is 13.1 Å². The molecule has 186 valence electrons. The van der Waals surface area contributed by atoms with Crippen molar-refractivity contribution in [1.29, 1.82) is 0 Å². The highest BCUT2D eigenvalue weighted by molar-refractivity contribution is 5.78. The van der Waals surface area contributed by atoms with Gasteiger partial charge in [-0.2, -0.15) is 0 Å². The van der Waals surface area contributed by atoms with E-state index in [0.29, 0.717) is 24.9 Å². The first-order chi connectivity index (χ1) is 16.3. The van der Waals surface area contributed by atoms with E-state index in [2.05, 4.69) is 88.2 Å². The van der Waals surface area contributed by atoms with Gasteiger partial charge in [-0.3, -0.25) is 4.79 Å². The van der Waals surface area contributed by atoms with E-state index in [1.54, 1.807) is 5.56 Å². The number of hydrogen-bond donors (Lipinski definition) is 1. The Morgan fingerprint density at radius 2 is 1.74 bits per heavy atom. The highest BCUT2D eigenvalue weighted by atomic mass is 16.2. The molecule has 2 aromatic rings. The van der Waals surface area contributed by atoms with Gasteiger partial charge in [-0.05, 0) is 77.8 Å². The second-order valence-corrected chi connectivity index (χ2v) is 11.1. The first-order valence-electron chi connectivity index (χ1n) is 13.4. The van der Waals surface area contributed by atoms with Gasteiger partial charge in [-0.1, -0.05) is 77.4 Å². The predicted molar refractivity (Wildman–Crippen MR) is 144 cm³/mol. The summed E-state index contributed by atoms with van der Waals surface area (Å²) < 4.78 is 0. The first-order valence-corrected chi connectivity index (χ1v) is 13.4. The molecule has 3 rings (SSSR count). The third-order valence-corrected chi connectivity index (χ3v) is 7.13. The Bertz CT molecular complexity index is 946. The number of amides is 1. The lowest BCUT2D eigenvalue weighted by Gasteiger charge is -2.28. The van der Waals surface area contributed by atoms with E-state index >= 15 is 0 Å². The Kier molecular flexibility index (Phi) is 9.76. The normalized spacial score (nSPS) is 14.7. The molecule has 1 amide bonds. The van der Waals surface area contributed by atoms with E-state index in [1.165, 1.54) is 59.9 Å². The molecule has 3 heteroatoms. The molecule has 0 saturated carbocycles. The Balaban J connectivity index is 1.66. The molecule has 0 fully saturated rings. The summed E-state index contributed by atoms with van der Waals surface area (Å²) in [5.74, 6) is 1.16. The quantitative estimate of drug-likeness (QED) is 0.394.